The van der Waals surface area contributed by atoms with Crippen LogP contribution in [0.1, 0.15) is 31.8 Å². The van der Waals surface area contributed by atoms with E-state index in [2.05, 4.69) is 9.47 Å². The van der Waals surface area contributed by atoms with Crippen LogP contribution < -0.4 is 4.74 Å². The fourth-order valence-corrected chi connectivity index (χ4v) is 2.57. The predicted molar refractivity (Wildman–Crippen MR) is 81.8 cm³/mol. The second-order valence-electron chi connectivity index (χ2n) is 5.21. The van der Waals surface area contributed by atoms with Gasteiger partial charge in [-0.05, 0) is 24.3 Å². The minimum Gasteiger partial charge on any atom is -0.507 e. The van der Waals surface area contributed by atoms with E-state index in [1.807, 2.05) is 0 Å². The average molecular weight is 330 g/mol. The summed E-state index contributed by atoms with van der Waals surface area (Å²) >= 11 is 0. The number of carbonyl (C=O) groups excluding carboxylic acids is 2. The van der Waals surface area contributed by atoms with Gasteiger partial charge >= 0.3 is 11.9 Å². The molecule has 124 valence electrons. The van der Waals surface area contributed by atoms with E-state index >= 15 is 0 Å². The van der Waals surface area contributed by atoms with Crippen molar-refractivity contribution < 1.29 is 34.0 Å². The molecule has 0 amide bonds. The predicted octanol–water partition coefficient (Wildman–Crippen LogP) is 2.37. The van der Waals surface area contributed by atoms with Crippen LogP contribution in [-0.2, 0) is 15.9 Å². The van der Waals surface area contributed by atoms with E-state index in [-0.39, 0.29) is 40.5 Å². The topological polar surface area (TPSA) is 102 Å². The van der Waals surface area contributed by atoms with Crippen molar-refractivity contribution in [3.8, 4) is 23.0 Å². The summed E-state index contributed by atoms with van der Waals surface area (Å²) in [6.07, 6.45) is 0.186. The third kappa shape index (κ3) is 2.50. The Labute approximate surface area is 137 Å². The zero-order chi connectivity index (χ0) is 17.4. The van der Waals surface area contributed by atoms with E-state index in [0.717, 1.165) is 0 Å². The summed E-state index contributed by atoms with van der Waals surface area (Å²) in [6.45, 7) is 0. The van der Waals surface area contributed by atoms with Crippen molar-refractivity contribution in [3.63, 3.8) is 0 Å². The number of methoxy groups -OCH3 is 2. The van der Waals surface area contributed by atoms with E-state index in [9.17, 15) is 19.8 Å². The van der Waals surface area contributed by atoms with Crippen LogP contribution in [0.2, 0.25) is 0 Å². The number of ether oxygens (including phenoxy) is 3. The molecule has 0 spiro atoms. The summed E-state index contributed by atoms with van der Waals surface area (Å²) < 4.78 is 14.9. The van der Waals surface area contributed by atoms with Gasteiger partial charge in [0, 0.05) is 17.5 Å². The van der Waals surface area contributed by atoms with Crippen molar-refractivity contribution in [2.45, 2.75) is 6.42 Å². The van der Waals surface area contributed by atoms with Gasteiger partial charge in [-0.3, -0.25) is 0 Å². The van der Waals surface area contributed by atoms with E-state index in [0.29, 0.717) is 11.1 Å². The van der Waals surface area contributed by atoms with Crippen LogP contribution in [0.25, 0.3) is 0 Å². The third-order valence-corrected chi connectivity index (χ3v) is 3.79. The monoisotopic (exact) mass is 330 g/mol. The number of fused-ring (bicyclic) bond motifs is 2. The quantitative estimate of drug-likeness (QED) is 0.695. The highest BCUT2D eigenvalue weighted by atomic mass is 16.5. The van der Waals surface area contributed by atoms with Gasteiger partial charge in [0.2, 0.25) is 0 Å². The second kappa shape index (κ2) is 5.77. The highest BCUT2D eigenvalue weighted by molar-refractivity contribution is 5.92. The molecule has 0 bridgehead atoms. The Kier molecular flexibility index (Phi) is 3.76. The van der Waals surface area contributed by atoms with Crippen molar-refractivity contribution in [3.05, 3.63) is 46.5 Å². The van der Waals surface area contributed by atoms with Gasteiger partial charge in [-0.1, -0.05) is 0 Å². The van der Waals surface area contributed by atoms with Crippen LogP contribution in [-0.4, -0.2) is 36.4 Å². The Hall–Kier alpha value is -3.22. The molecule has 1 aliphatic heterocycles. The molecule has 2 aromatic carbocycles. The molecule has 7 heteroatoms. The van der Waals surface area contributed by atoms with E-state index in [1.165, 1.54) is 38.5 Å². The third-order valence-electron chi connectivity index (χ3n) is 3.79. The molecule has 0 radical (unpaired) electrons. The molecule has 24 heavy (non-hydrogen) atoms. The van der Waals surface area contributed by atoms with Crippen molar-refractivity contribution >= 4 is 11.9 Å². The van der Waals surface area contributed by atoms with Crippen LogP contribution in [0.4, 0.5) is 0 Å². The van der Waals surface area contributed by atoms with E-state index < -0.39 is 11.9 Å². The molecule has 0 atom stereocenters. The zero-order valence-electron chi connectivity index (χ0n) is 13.0. The Balaban J connectivity index is 2.08. The standard InChI is InChI=1S/C17H14O7/c1-22-16(20)8-3-12(18)10-7-11-13(19)4-9(17(21)23-2)6-15(11)24-14(10)5-8/h3-6,18-19H,7H2,1-2H3. The van der Waals surface area contributed by atoms with Crippen LogP contribution >= 0.6 is 0 Å². The summed E-state index contributed by atoms with van der Waals surface area (Å²) in [7, 11) is 2.46. The molecule has 0 aliphatic carbocycles. The molecule has 0 saturated carbocycles. The molecule has 0 aromatic heterocycles. The number of carbonyl (C=O) groups is 2. The first-order chi connectivity index (χ1) is 11.4. The van der Waals surface area contributed by atoms with Crippen LogP contribution in [0.3, 0.4) is 0 Å². The number of hydrogen-bond acceptors (Lipinski definition) is 7. The fourth-order valence-electron chi connectivity index (χ4n) is 2.57. The summed E-state index contributed by atoms with van der Waals surface area (Å²) in [4.78, 5) is 23.3. The number of benzene rings is 2. The lowest BCUT2D eigenvalue weighted by Crippen LogP contribution is -2.09. The molecular weight excluding hydrogens is 316 g/mol. The maximum atomic E-state index is 11.6. The van der Waals surface area contributed by atoms with Crippen molar-refractivity contribution in [1.82, 2.24) is 0 Å². The second-order valence-corrected chi connectivity index (χ2v) is 5.21. The molecule has 2 aromatic rings. The lowest BCUT2D eigenvalue weighted by molar-refractivity contribution is 0.0591. The molecule has 3 rings (SSSR count). The summed E-state index contributed by atoms with van der Waals surface area (Å²) in [5.74, 6) is -1.01. The van der Waals surface area contributed by atoms with Gasteiger partial charge in [0.05, 0.1) is 25.3 Å². The highest BCUT2D eigenvalue weighted by Crippen LogP contribution is 2.45. The number of hydrogen-bond donors (Lipinski definition) is 2. The molecule has 1 heterocycles. The number of aromatic hydroxyl groups is 2. The minimum absolute atomic E-state index is 0.130. The number of esters is 2. The Morgan fingerprint density at radius 1 is 0.875 bits per heavy atom. The highest BCUT2D eigenvalue weighted by Gasteiger charge is 2.26. The SMILES string of the molecule is COC(=O)c1cc(O)c2c(c1)Oc1cc(C(=O)OC)cc(O)c1C2. The Bertz CT molecular complexity index is 785. The zero-order valence-corrected chi connectivity index (χ0v) is 13.0. The summed E-state index contributed by atoms with van der Waals surface area (Å²) in [5, 5.41) is 20.3. The molecule has 7 nitrogen and oxygen atoms in total. The molecular formula is C17H14O7. The number of phenols is 2. The van der Waals surface area contributed by atoms with Gasteiger partial charge in [0.1, 0.15) is 23.0 Å². The maximum absolute atomic E-state index is 11.6. The molecule has 1 aliphatic rings. The largest absolute Gasteiger partial charge is 0.507 e. The minimum atomic E-state index is -0.617. The van der Waals surface area contributed by atoms with Gasteiger partial charge in [-0.2, -0.15) is 0 Å². The first kappa shape index (κ1) is 15.7. The van der Waals surface area contributed by atoms with Crippen molar-refractivity contribution in [2.75, 3.05) is 14.2 Å². The van der Waals surface area contributed by atoms with Gasteiger partial charge in [-0.25, -0.2) is 9.59 Å². The molecule has 2 N–H and O–H groups in total. The first-order valence-corrected chi connectivity index (χ1v) is 7.00. The van der Waals surface area contributed by atoms with Crippen molar-refractivity contribution in [1.29, 1.82) is 0 Å². The summed E-state index contributed by atoms with van der Waals surface area (Å²) in [6, 6.07) is 5.43. The van der Waals surface area contributed by atoms with E-state index in [4.69, 9.17) is 4.74 Å². The lowest BCUT2D eigenvalue weighted by Gasteiger charge is -2.23. The average Bonchev–Trinajstić information content (AvgIpc) is 2.58. The smallest absolute Gasteiger partial charge is 0.338 e. The van der Waals surface area contributed by atoms with Gasteiger partial charge < -0.3 is 24.4 Å². The first-order valence-electron chi connectivity index (χ1n) is 7.00. The van der Waals surface area contributed by atoms with E-state index in [1.54, 1.807) is 0 Å². The molecule has 0 fully saturated rings. The summed E-state index contributed by atoms with van der Waals surface area (Å²) in [5.41, 5.74) is 1.11. The van der Waals surface area contributed by atoms with Gasteiger partial charge in [-0.15, -0.1) is 0 Å². The fraction of sp³-hybridized carbons (Fsp3) is 0.176. The maximum Gasteiger partial charge on any atom is 0.338 e. The number of phenolic OH excluding ortho intramolecular Hbond substituents is 2. The molecule has 0 unspecified atom stereocenters. The Morgan fingerprint density at radius 2 is 1.29 bits per heavy atom. The van der Waals surface area contributed by atoms with Gasteiger partial charge in [0.25, 0.3) is 0 Å². The van der Waals surface area contributed by atoms with Crippen LogP contribution in [0.15, 0.2) is 24.3 Å². The lowest BCUT2D eigenvalue weighted by atomic mass is 9.96. The molecule has 0 saturated heterocycles. The van der Waals surface area contributed by atoms with Crippen LogP contribution in [0, 0.1) is 0 Å². The normalized spacial score (nSPS) is 11.8. The Morgan fingerprint density at radius 3 is 1.67 bits per heavy atom. The van der Waals surface area contributed by atoms with Crippen LogP contribution in [0.5, 0.6) is 23.0 Å². The number of rotatable bonds is 2. The van der Waals surface area contributed by atoms with Gasteiger partial charge in [0.15, 0.2) is 0 Å². The van der Waals surface area contributed by atoms with Crippen molar-refractivity contribution in [2.24, 2.45) is 0 Å².